The molecule has 1 atom stereocenters. The number of hydrogen-bond donors (Lipinski definition) is 1. The Balaban J connectivity index is 2.24. The number of benzene rings is 1. The van der Waals surface area contributed by atoms with Crippen molar-refractivity contribution in [1.82, 2.24) is 9.78 Å². The van der Waals surface area contributed by atoms with Gasteiger partial charge >= 0.3 is 0 Å². The van der Waals surface area contributed by atoms with Crippen LogP contribution in [0.4, 0.5) is 0 Å². The number of halogens is 2. The number of aliphatic hydroxyl groups is 1. The minimum Gasteiger partial charge on any atom is -0.388 e. The summed E-state index contributed by atoms with van der Waals surface area (Å²) in [5.74, 6) is 0. The van der Waals surface area contributed by atoms with Crippen molar-refractivity contribution in [3.05, 3.63) is 51.3 Å². The van der Waals surface area contributed by atoms with Crippen LogP contribution in [-0.4, -0.2) is 14.9 Å². The molecule has 0 aliphatic heterocycles. The standard InChI is InChI=1S/C13H14Cl2N2O/c1-8-12(13(15)17(2)16-8)11(18)7-9-4-3-5-10(14)6-9/h3-6,11,18H,7H2,1-2H3. The smallest absolute Gasteiger partial charge is 0.132 e. The van der Waals surface area contributed by atoms with Crippen LogP contribution in [0.1, 0.15) is 22.9 Å². The van der Waals surface area contributed by atoms with E-state index in [0.717, 1.165) is 11.3 Å². The molecule has 18 heavy (non-hydrogen) atoms. The molecule has 3 nitrogen and oxygen atoms in total. The molecule has 0 radical (unpaired) electrons. The van der Waals surface area contributed by atoms with E-state index in [9.17, 15) is 5.11 Å². The van der Waals surface area contributed by atoms with Gasteiger partial charge in [0.1, 0.15) is 5.15 Å². The zero-order chi connectivity index (χ0) is 13.3. The first-order chi connectivity index (χ1) is 8.49. The molecule has 2 aromatic rings. The molecule has 1 aromatic heterocycles. The maximum atomic E-state index is 10.3. The predicted octanol–water partition coefficient (Wildman–Crippen LogP) is 3.31. The molecule has 1 heterocycles. The van der Waals surface area contributed by atoms with Crippen LogP contribution >= 0.6 is 23.2 Å². The van der Waals surface area contributed by atoms with E-state index in [-0.39, 0.29) is 0 Å². The summed E-state index contributed by atoms with van der Waals surface area (Å²) in [6.07, 6.45) is -0.211. The van der Waals surface area contributed by atoms with Gasteiger partial charge in [-0.2, -0.15) is 5.10 Å². The van der Waals surface area contributed by atoms with E-state index in [4.69, 9.17) is 23.2 Å². The first kappa shape index (κ1) is 13.4. The van der Waals surface area contributed by atoms with Gasteiger partial charge in [0.15, 0.2) is 0 Å². The van der Waals surface area contributed by atoms with Crippen LogP contribution in [0.2, 0.25) is 10.2 Å². The zero-order valence-electron chi connectivity index (χ0n) is 10.2. The Bertz CT molecular complexity index is 566. The Kier molecular flexibility index (Phi) is 3.95. The number of hydrogen-bond acceptors (Lipinski definition) is 2. The normalized spacial score (nSPS) is 12.7. The van der Waals surface area contributed by atoms with E-state index < -0.39 is 6.10 Å². The molecule has 0 saturated carbocycles. The van der Waals surface area contributed by atoms with Gasteiger partial charge in [-0.15, -0.1) is 0 Å². The lowest BCUT2D eigenvalue weighted by molar-refractivity contribution is 0.178. The van der Waals surface area contributed by atoms with Crippen LogP contribution in [-0.2, 0) is 13.5 Å². The Morgan fingerprint density at radius 2 is 2.11 bits per heavy atom. The minimum atomic E-state index is -0.676. The Hall–Kier alpha value is -1.03. The van der Waals surface area contributed by atoms with Gasteiger partial charge in [0.05, 0.1) is 11.8 Å². The van der Waals surface area contributed by atoms with Gasteiger partial charge in [-0.25, -0.2) is 0 Å². The van der Waals surface area contributed by atoms with Crippen molar-refractivity contribution in [3.8, 4) is 0 Å². The van der Waals surface area contributed by atoms with E-state index in [1.165, 1.54) is 0 Å². The lowest BCUT2D eigenvalue weighted by Crippen LogP contribution is -2.03. The molecule has 0 aliphatic carbocycles. The molecular weight excluding hydrogens is 271 g/mol. The van der Waals surface area contributed by atoms with E-state index in [2.05, 4.69) is 5.10 Å². The largest absolute Gasteiger partial charge is 0.388 e. The van der Waals surface area contributed by atoms with Crippen molar-refractivity contribution < 1.29 is 5.11 Å². The van der Waals surface area contributed by atoms with E-state index in [0.29, 0.717) is 22.2 Å². The fourth-order valence-corrected chi connectivity index (χ4v) is 2.53. The summed E-state index contributed by atoms with van der Waals surface area (Å²) in [6.45, 7) is 1.84. The average molecular weight is 285 g/mol. The molecule has 1 N–H and O–H groups in total. The Morgan fingerprint density at radius 3 is 2.67 bits per heavy atom. The van der Waals surface area contributed by atoms with Gasteiger partial charge in [0, 0.05) is 24.1 Å². The molecule has 5 heteroatoms. The molecule has 0 saturated heterocycles. The van der Waals surface area contributed by atoms with Crippen LogP contribution in [0.25, 0.3) is 0 Å². The topological polar surface area (TPSA) is 38.0 Å². The lowest BCUT2D eigenvalue weighted by Gasteiger charge is -2.11. The fourth-order valence-electron chi connectivity index (χ4n) is 2.01. The third-order valence-electron chi connectivity index (χ3n) is 2.85. The summed E-state index contributed by atoms with van der Waals surface area (Å²) >= 11 is 12.0. The molecule has 0 fully saturated rings. The molecule has 0 amide bonds. The monoisotopic (exact) mass is 284 g/mol. The highest BCUT2D eigenvalue weighted by molar-refractivity contribution is 6.30. The van der Waals surface area contributed by atoms with Gasteiger partial charge in [-0.1, -0.05) is 35.3 Å². The highest BCUT2D eigenvalue weighted by atomic mass is 35.5. The second-order valence-electron chi connectivity index (χ2n) is 4.26. The van der Waals surface area contributed by atoms with E-state index >= 15 is 0 Å². The summed E-state index contributed by atoms with van der Waals surface area (Å²) in [6, 6.07) is 7.43. The highest BCUT2D eigenvalue weighted by Gasteiger charge is 2.19. The molecule has 1 unspecified atom stereocenters. The van der Waals surface area contributed by atoms with Crippen LogP contribution in [0.15, 0.2) is 24.3 Å². The molecule has 96 valence electrons. The van der Waals surface area contributed by atoms with Crippen LogP contribution in [0, 0.1) is 6.92 Å². The third kappa shape index (κ3) is 2.69. The van der Waals surface area contributed by atoms with Gasteiger partial charge in [-0.3, -0.25) is 4.68 Å². The van der Waals surface area contributed by atoms with Crippen LogP contribution in [0.3, 0.4) is 0 Å². The van der Waals surface area contributed by atoms with Crippen molar-refractivity contribution >= 4 is 23.2 Å². The van der Waals surface area contributed by atoms with Crippen LogP contribution in [0.5, 0.6) is 0 Å². The van der Waals surface area contributed by atoms with Crippen molar-refractivity contribution in [2.24, 2.45) is 7.05 Å². The lowest BCUT2D eigenvalue weighted by atomic mass is 10.0. The molecule has 0 aliphatic rings. The summed E-state index contributed by atoms with van der Waals surface area (Å²) in [4.78, 5) is 0. The van der Waals surface area contributed by atoms with Gasteiger partial charge < -0.3 is 5.11 Å². The van der Waals surface area contributed by atoms with Crippen molar-refractivity contribution in [2.45, 2.75) is 19.4 Å². The summed E-state index contributed by atoms with van der Waals surface area (Å²) < 4.78 is 1.56. The van der Waals surface area contributed by atoms with Crippen LogP contribution < -0.4 is 0 Å². The SMILES string of the molecule is Cc1nn(C)c(Cl)c1C(O)Cc1cccc(Cl)c1. The number of nitrogens with zero attached hydrogens (tertiary/aromatic N) is 2. The molecule has 1 aromatic carbocycles. The number of aliphatic hydroxyl groups excluding tert-OH is 1. The Labute approximate surface area is 116 Å². The number of aromatic nitrogens is 2. The molecule has 0 bridgehead atoms. The molecule has 0 spiro atoms. The number of aryl methyl sites for hydroxylation is 2. The first-order valence-corrected chi connectivity index (χ1v) is 6.36. The number of rotatable bonds is 3. The van der Waals surface area contributed by atoms with Gasteiger partial charge in [-0.05, 0) is 24.6 Å². The van der Waals surface area contributed by atoms with Crippen molar-refractivity contribution in [3.63, 3.8) is 0 Å². The summed E-state index contributed by atoms with van der Waals surface area (Å²) in [7, 11) is 1.75. The zero-order valence-corrected chi connectivity index (χ0v) is 11.7. The second-order valence-corrected chi connectivity index (χ2v) is 5.06. The third-order valence-corrected chi connectivity index (χ3v) is 3.53. The predicted molar refractivity (Wildman–Crippen MR) is 73.1 cm³/mol. The maximum absolute atomic E-state index is 10.3. The second kappa shape index (κ2) is 5.31. The fraction of sp³-hybridized carbons (Fsp3) is 0.308. The maximum Gasteiger partial charge on any atom is 0.132 e. The minimum absolute atomic E-state index is 0.465. The molecule has 2 rings (SSSR count). The van der Waals surface area contributed by atoms with Crippen molar-refractivity contribution in [2.75, 3.05) is 0 Å². The summed E-state index contributed by atoms with van der Waals surface area (Å²) in [5.41, 5.74) is 2.39. The summed E-state index contributed by atoms with van der Waals surface area (Å²) in [5, 5.41) is 15.6. The Morgan fingerprint density at radius 1 is 1.39 bits per heavy atom. The highest BCUT2D eigenvalue weighted by Crippen LogP contribution is 2.28. The molecular formula is C13H14Cl2N2O. The quantitative estimate of drug-likeness (QED) is 0.939. The van der Waals surface area contributed by atoms with E-state index in [1.54, 1.807) is 17.8 Å². The average Bonchev–Trinajstić information content (AvgIpc) is 2.53. The van der Waals surface area contributed by atoms with Crippen molar-refractivity contribution in [1.29, 1.82) is 0 Å². The van der Waals surface area contributed by atoms with Gasteiger partial charge in [0.2, 0.25) is 0 Å². The van der Waals surface area contributed by atoms with Gasteiger partial charge in [0.25, 0.3) is 0 Å². The first-order valence-electron chi connectivity index (χ1n) is 5.60. The van der Waals surface area contributed by atoms with E-state index in [1.807, 2.05) is 25.1 Å².